The van der Waals surface area contributed by atoms with Gasteiger partial charge in [0.05, 0.1) is 9.77 Å². The molecule has 1 spiro atoms. The molecule has 1 N–H and O–H groups in total. The zero-order valence-electron chi connectivity index (χ0n) is 14.4. The molecule has 0 radical (unpaired) electrons. The van der Waals surface area contributed by atoms with E-state index >= 15 is 0 Å². The Morgan fingerprint density at radius 1 is 1.12 bits per heavy atom. The van der Waals surface area contributed by atoms with Gasteiger partial charge in [-0.2, -0.15) is 0 Å². The molecule has 1 saturated heterocycles. The van der Waals surface area contributed by atoms with Gasteiger partial charge in [0.15, 0.2) is 0 Å². The molecular formula is C18H21N5OS2. The van der Waals surface area contributed by atoms with Crippen LogP contribution in [-0.2, 0) is 4.79 Å². The fourth-order valence-corrected chi connectivity index (χ4v) is 8.77. The van der Waals surface area contributed by atoms with Gasteiger partial charge in [0.1, 0.15) is 6.33 Å². The molecule has 6 nitrogen and oxygen atoms in total. The fraction of sp³-hybridized carbons (Fsp3) is 0.556. The highest BCUT2D eigenvalue weighted by Crippen LogP contribution is 2.65. The predicted molar refractivity (Wildman–Crippen MR) is 104 cm³/mol. The Balaban J connectivity index is 1.25. The second kappa shape index (κ2) is 6.56. The second-order valence-corrected chi connectivity index (χ2v) is 10.4. The van der Waals surface area contributed by atoms with Gasteiger partial charge >= 0.3 is 0 Å². The number of hydrogen-bond donors (Lipinski definition) is 1. The van der Waals surface area contributed by atoms with Crippen molar-refractivity contribution in [1.29, 1.82) is 0 Å². The quantitative estimate of drug-likeness (QED) is 0.872. The first-order valence-electron chi connectivity index (χ1n) is 9.17. The highest BCUT2D eigenvalue weighted by Gasteiger charge is 2.57. The van der Waals surface area contributed by atoms with E-state index in [1.54, 1.807) is 11.0 Å². The van der Waals surface area contributed by atoms with Crippen molar-refractivity contribution in [2.24, 2.45) is 17.8 Å². The molecule has 2 bridgehead atoms. The number of carbonyl (C=O) groups is 1. The van der Waals surface area contributed by atoms with Crippen molar-refractivity contribution in [2.45, 2.75) is 29.8 Å². The minimum atomic E-state index is 0.152. The summed E-state index contributed by atoms with van der Waals surface area (Å²) < 4.78 is 2.03. The van der Waals surface area contributed by atoms with Crippen LogP contribution in [0.15, 0.2) is 30.6 Å². The molecule has 1 aromatic heterocycles. The number of amides is 1. The van der Waals surface area contributed by atoms with Crippen molar-refractivity contribution in [2.75, 3.05) is 16.8 Å². The number of carbonyl (C=O) groups excluding carboxylic acids is 1. The summed E-state index contributed by atoms with van der Waals surface area (Å²) in [5.41, 5.74) is 1.71. The normalized spacial score (nSPS) is 29.2. The second-order valence-electron chi connectivity index (χ2n) is 7.35. The number of thioether (sulfide) groups is 2. The molecule has 1 aromatic carbocycles. The summed E-state index contributed by atoms with van der Waals surface area (Å²) in [7, 11) is 0. The number of tetrazole rings is 1. The number of nitrogens with one attached hydrogen (secondary N) is 1. The SMILES string of the molecule is O=C(Nc1ccc(-n2cnnn2)cc1)C1CC2CCC(C1)C21SCCS1. The van der Waals surface area contributed by atoms with Gasteiger partial charge in [-0.3, -0.25) is 4.79 Å². The molecule has 2 heterocycles. The van der Waals surface area contributed by atoms with Gasteiger partial charge in [-0.15, -0.1) is 28.6 Å². The highest BCUT2D eigenvalue weighted by molar-refractivity contribution is 8.21. The number of hydrogen-bond acceptors (Lipinski definition) is 6. The van der Waals surface area contributed by atoms with E-state index in [0.29, 0.717) is 15.9 Å². The Kier molecular flexibility index (Phi) is 4.20. The third-order valence-electron chi connectivity index (χ3n) is 6.00. The number of benzene rings is 1. The average molecular weight is 388 g/mol. The van der Waals surface area contributed by atoms with E-state index in [9.17, 15) is 4.79 Å². The summed E-state index contributed by atoms with van der Waals surface area (Å²) in [5, 5.41) is 14.3. The standard InChI is InChI=1S/C18H21N5OS2/c24-17(20-15-3-5-16(6-4-15)23-11-19-21-22-23)12-9-13-1-2-14(10-12)18(13)25-7-8-26-18/h3-6,11-14H,1-2,7-10H2,(H,20,24). The molecule has 2 atom stereocenters. The molecule has 2 aliphatic carbocycles. The lowest BCUT2D eigenvalue weighted by Crippen LogP contribution is -2.41. The topological polar surface area (TPSA) is 72.7 Å². The summed E-state index contributed by atoms with van der Waals surface area (Å²) >= 11 is 4.35. The van der Waals surface area contributed by atoms with Crippen LogP contribution in [0.25, 0.3) is 5.69 Å². The van der Waals surface area contributed by atoms with E-state index in [-0.39, 0.29) is 11.8 Å². The maximum absolute atomic E-state index is 12.8. The fourth-order valence-electron chi connectivity index (χ4n) is 4.84. The summed E-state index contributed by atoms with van der Waals surface area (Å²) in [5.74, 6) is 4.30. The van der Waals surface area contributed by atoms with Gasteiger partial charge in [-0.25, -0.2) is 4.68 Å². The molecule has 1 aliphatic heterocycles. The van der Waals surface area contributed by atoms with Crippen molar-refractivity contribution in [3.8, 4) is 5.69 Å². The zero-order chi connectivity index (χ0) is 17.6. The predicted octanol–water partition coefficient (Wildman–Crippen LogP) is 3.21. The van der Waals surface area contributed by atoms with Crippen LogP contribution in [-0.4, -0.2) is 41.7 Å². The Morgan fingerprint density at radius 2 is 1.81 bits per heavy atom. The average Bonchev–Trinajstić information content (AvgIpc) is 3.38. The lowest BCUT2D eigenvalue weighted by atomic mass is 9.79. The highest BCUT2D eigenvalue weighted by atomic mass is 32.2. The number of aromatic nitrogens is 4. The molecule has 26 heavy (non-hydrogen) atoms. The number of rotatable bonds is 3. The molecule has 2 saturated carbocycles. The van der Waals surface area contributed by atoms with E-state index in [2.05, 4.69) is 44.4 Å². The maximum atomic E-state index is 12.8. The van der Waals surface area contributed by atoms with Crippen LogP contribution in [0, 0.1) is 17.8 Å². The van der Waals surface area contributed by atoms with Gasteiger partial charge in [0, 0.05) is 23.1 Å². The van der Waals surface area contributed by atoms with Crippen molar-refractivity contribution in [3.63, 3.8) is 0 Å². The Morgan fingerprint density at radius 3 is 2.42 bits per heavy atom. The molecule has 3 fully saturated rings. The van der Waals surface area contributed by atoms with Gasteiger partial charge in [-0.1, -0.05) is 0 Å². The van der Waals surface area contributed by atoms with Crippen molar-refractivity contribution in [3.05, 3.63) is 30.6 Å². The van der Waals surface area contributed by atoms with Gasteiger partial charge < -0.3 is 5.32 Å². The summed E-state index contributed by atoms with van der Waals surface area (Å²) in [6.07, 6.45) is 6.25. The first-order chi connectivity index (χ1) is 12.7. The molecule has 2 aromatic rings. The monoisotopic (exact) mass is 387 g/mol. The molecular weight excluding hydrogens is 366 g/mol. The van der Waals surface area contributed by atoms with Crippen LogP contribution in [0.1, 0.15) is 25.7 Å². The van der Waals surface area contributed by atoms with E-state index in [0.717, 1.165) is 24.2 Å². The molecule has 5 rings (SSSR count). The van der Waals surface area contributed by atoms with E-state index in [4.69, 9.17) is 0 Å². The summed E-state index contributed by atoms with van der Waals surface area (Å²) in [6.45, 7) is 0. The van der Waals surface area contributed by atoms with Crippen molar-refractivity contribution in [1.82, 2.24) is 20.2 Å². The van der Waals surface area contributed by atoms with Crippen LogP contribution >= 0.6 is 23.5 Å². The van der Waals surface area contributed by atoms with Crippen LogP contribution in [0.5, 0.6) is 0 Å². The third kappa shape index (κ3) is 2.74. The minimum absolute atomic E-state index is 0.152. The van der Waals surface area contributed by atoms with Crippen molar-refractivity contribution < 1.29 is 4.79 Å². The van der Waals surface area contributed by atoms with E-state index < -0.39 is 0 Å². The van der Waals surface area contributed by atoms with Gasteiger partial charge in [0.2, 0.25) is 5.91 Å². The van der Waals surface area contributed by atoms with Crippen molar-refractivity contribution >= 4 is 35.1 Å². The van der Waals surface area contributed by atoms with Crippen LogP contribution in [0.3, 0.4) is 0 Å². The smallest absolute Gasteiger partial charge is 0.227 e. The van der Waals surface area contributed by atoms with Crippen LogP contribution in [0.2, 0.25) is 0 Å². The van der Waals surface area contributed by atoms with Crippen LogP contribution in [0.4, 0.5) is 5.69 Å². The largest absolute Gasteiger partial charge is 0.326 e. The Hall–Kier alpha value is -1.54. The van der Waals surface area contributed by atoms with E-state index in [1.807, 2.05) is 24.3 Å². The Labute approximate surface area is 160 Å². The van der Waals surface area contributed by atoms with Crippen LogP contribution < -0.4 is 5.32 Å². The molecule has 136 valence electrons. The lowest BCUT2D eigenvalue weighted by Gasteiger charge is -2.42. The molecule has 8 heteroatoms. The number of nitrogens with zero attached hydrogens (tertiary/aromatic N) is 4. The summed E-state index contributed by atoms with van der Waals surface area (Å²) in [6, 6.07) is 7.65. The maximum Gasteiger partial charge on any atom is 0.227 e. The molecule has 2 unspecified atom stereocenters. The molecule has 3 aliphatic rings. The first-order valence-corrected chi connectivity index (χ1v) is 11.1. The number of anilines is 1. The van der Waals surface area contributed by atoms with Gasteiger partial charge in [-0.05, 0) is 72.2 Å². The summed E-state index contributed by atoms with van der Waals surface area (Å²) in [4.78, 5) is 12.8. The first kappa shape index (κ1) is 16.6. The zero-order valence-corrected chi connectivity index (χ0v) is 16.0. The Bertz CT molecular complexity index is 772. The third-order valence-corrected chi connectivity index (χ3v) is 10.0. The minimum Gasteiger partial charge on any atom is -0.326 e. The van der Waals surface area contributed by atoms with Gasteiger partial charge in [0.25, 0.3) is 0 Å². The lowest BCUT2D eigenvalue weighted by molar-refractivity contribution is -0.121. The van der Waals surface area contributed by atoms with E-state index in [1.165, 1.54) is 24.3 Å². The molecule has 1 amide bonds.